The lowest BCUT2D eigenvalue weighted by Gasteiger charge is -2.05. The van der Waals surface area contributed by atoms with Crippen LogP contribution in [0.4, 0.5) is 4.39 Å². The van der Waals surface area contributed by atoms with Crippen LogP contribution in [0.25, 0.3) is 11.3 Å². The van der Waals surface area contributed by atoms with Gasteiger partial charge in [0.1, 0.15) is 11.6 Å². The Morgan fingerprint density at radius 3 is 2.70 bits per heavy atom. The van der Waals surface area contributed by atoms with Gasteiger partial charge < -0.3 is 10.1 Å². The second-order valence-electron chi connectivity index (χ2n) is 4.82. The molecule has 0 atom stereocenters. The molecule has 0 radical (unpaired) electrons. The van der Waals surface area contributed by atoms with E-state index in [0.717, 1.165) is 18.9 Å². The fourth-order valence-electron chi connectivity index (χ4n) is 2.04. The molecule has 0 spiro atoms. The van der Waals surface area contributed by atoms with Crippen LogP contribution in [-0.2, 0) is 0 Å². The maximum atomic E-state index is 13.5. The summed E-state index contributed by atoms with van der Waals surface area (Å²) in [6.45, 7) is 0. The molecule has 0 amide bonds. The number of hydrogen-bond acceptors (Lipinski definition) is 3. The third-order valence-electron chi connectivity index (χ3n) is 3.16. The zero-order chi connectivity index (χ0) is 14.3. The number of nitrogens with one attached hydrogen (secondary N) is 1. The number of carboxylic acid groups (broad SMARTS) is 1. The number of carbonyl (C=O) groups is 1. The molecule has 3 rings (SSSR count). The fourth-order valence-corrected chi connectivity index (χ4v) is 2.04. The molecule has 1 aliphatic carbocycles. The third kappa shape index (κ3) is 2.45. The molecule has 0 bridgehead atoms. The van der Waals surface area contributed by atoms with Crippen LogP contribution in [0.15, 0.2) is 29.1 Å². The molecule has 1 saturated carbocycles. The number of aromatic carboxylic acids is 1. The monoisotopic (exact) mass is 274 g/mol. The molecule has 1 aliphatic rings. The van der Waals surface area contributed by atoms with E-state index in [-0.39, 0.29) is 28.3 Å². The molecule has 20 heavy (non-hydrogen) atoms. The van der Waals surface area contributed by atoms with Gasteiger partial charge >= 0.3 is 5.97 Å². The Morgan fingerprint density at radius 2 is 2.05 bits per heavy atom. The van der Waals surface area contributed by atoms with Crippen LogP contribution in [-0.4, -0.2) is 21.0 Å². The van der Waals surface area contributed by atoms with E-state index in [9.17, 15) is 14.0 Å². The second kappa shape index (κ2) is 4.56. The quantitative estimate of drug-likeness (QED) is 0.898. The third-order valence-corrected chi connectivity index (χ3v) is 3.16. The van der Waals surface area contributed by atoms with Crippen LogP contribution >= 0.6 is 0 Å². The predicted octanol–water partition coefficient (Wildman–Crippen LogP) is 2.15. The number of hydrogen-bond donors (Lipinski definition) is 2. The Balaban J connectivity index is 2.12. The Morgan fingerprint density at radius 1 is 1.30 bits per heavy atom. The zero-order valence-corrected chi connectivity index (χ0v) is 10.4. The van der Waals surface area contributed by atoms with Crippen LogP contribution in [0.3, 0.4) is 0 Å². The van der Waals surface area contributed by atoms with Gasteiger partial charge in [-0.15, -0.1) is 0 Å². The first-order valence-corrected chi connectivity index (χ1v) is 6.18. The number of benzene rings is 1. The highest BCUT2D eigenvalue weighted by Gasteiger charge is 2.26. The van der Waals surface area contributed by atoms with Crippen molar-refractivity contribution in [2.45, 2.75) is 18.8 Å². The number of halogens is 1. The summed E-state index contributed by atoms with van der Waals surface area (Å²) in [6, 6.07) is 4.65. The van der Waals surface area contributed by atoms with Crippen LogP contribution < -0.4 is 5.56 Å². The molecule has 102 valence electrons. The Bertz CT molecular complexity index is 750. The number of H-pyrrole nitrogens is 1. The van der Waals surface area contributed by atoms with Gasteiger partial charge in [-0.2, -0.15) is 0 Å². The van der Waals surface area contributed by atoms with Crippen molar-refractivity contribution in [2.75, 3.05) is 0 Å². The largest absolute Gasteiger partial charge is 0.478 e. The molecule has 0 aliphatic heterocycles. The first-order valence-electron chi connectivity index (χ1n) is 6.18. The molecule has 1 fully saturated rings. The SMILES string of the molecule is O=C(O)c1cc(F)cc(-c2cc(=O)[nH]c(C3CC3)n2)c1. The molecule has 2 N–H and O–H groups in total. The first-order chi connectivity index (χ1) is 9.52. The van der Waals surface area contributed by atoms with Crippen molar-refractivity contribution in [2.24, 2.45) is 0 Å². The van der Waals surface area contributed by atoms with E-state index in [2.05, 4.69) is 9.97 Å². The standard InChI is InChI=1S/C14H11FN2O3/c15-10-4-8(3-9(5-10)14(19)20)11-6-12(18)17-13(16-11)7-1-2-7/h3-7H,1-2H2,(H,19,20)(H,16,17,18). The molecule has 0 unspecified atom stereocenters. The van der Waals surface area contributed by atoms with Gasteiger partial charge in [0, 0.05) is 17.5 Å². The van der Waals surface area contributed by atoms with Crippen molar-refractivity contribution >= 4 is 5.97 Å². The summed E-state index contributed by atoms with van der Waals surface area (Å²) in [6.07, 6.45) is 1.94. The minimum absolute atomic E-state index is 0.171. The summed E-state index contributed by atoms with van der Waals surface area (Å²) in [5, 5.41) is 8.93. The van der Waals surface area contributed by atoms with Crippen molar-refractivity contribution in [3.05, 3.63) is 51.8 Å². The summed E-state index contributed by atoms with van der Waals surface area (Å²) in [4.78, 5) is 29.5. The highest BCUT2D eigenvalue weighted by atomic mass is 19.1. The van der Waals surface area contributed by atoms with Crippen molar-refractivity contribution < 1.29 is 14.3 Å². The predicted molar refractivity (Wildman–Crippen MR) is 69.2 cm³/mol. The summed E-state index contributed by atoms with van der Waals surface area (Å²) in [7, 11) is 0. The lowest BCUT2D eigenvalue weighted by atomic mass is 10.1. The molecule has 5 nitrogen and oxygen atoms in total. The van der Waals surface area contributed by atoms with Crippen LogP contribution in [0, 0.1) is 5.82 Å². The van der Waals surface area contributed by atoms with Gasteiger partial charge in [-0.25, -0.2) is 14.2 Å². The van der Waals surface area contributed by atoms with E-state index in [4.69, 9.17) is 5.11 Å². The molecular weight excluding hydrogens is 263 g/mol. The van der Waals surface area contributed by atoms with Gasteiger partial charge in [-0.05, 0) is 31.0 Å². The Kier molecular flexibility index (Phi) is 2.85. The Labute approximate surface area is 113 Å². The molecule has 1 heterocycles. The zero-order valence-electron chi connectivity index (χ0n) is 10.4. The number of nitrogens with zero attached hydrogens (tertiary/aromatic N) is 1. The fraction of sp³-hybridized carbons (Fsp3) is 0.214. The highest BCUT2D eigenvalue weighted by molar-refractivity contribution is 5.89. The van der Waals surface area contributed by atoms with E-state index < -0.39 is 11.8 Å². The molecular formula is C14H11FN2O3. The summed E-state index contributed by atoms with van der Waals surface area (Å²) in [5.74, 6) is -1.07. The van der Waals surface area contributed by atoms with Crippen LogP contribution in [0.5, 0.6) is 0 Å². The summed E-state index contributed by atoms with van der Waals surface area (Å²) < 4.78 is 13.5. The first kappa shape index (κ1) is 12.5. The topological polar surface area (TPSA) is 83.0 Å². The molecule has 0 saturated heterocycles. The molecule has 6 heteroatoms. The van der Waals surface area contributed by atoms with Crippen molar-refractivity contribution in [3.8, 4) is 11.3 Å². The molecule has 1 aromatic carbocycles. The average molecular weight is 274 g/mol. The Hall–Kier alpha value is -2.50. The van der Waals surface area contributed by atoms with Gasteiger partial charge in [-0.3, -0.25) is 4.79 Å². The van der Waals surface area contributed by atoms with Gasteiger partial charge in [0.05, 0.1) is 11.3 Å². The van der Waals surface area contributed by atoms with Gasteiger partial charge in [0.15, 0.2) is 0 Å². The lowest BCUT2D eigenvalue weighted by molar-refractivity contribution is 0.0696. The summed E-state index contributed by atoms with van der Waals surface area (Å²) >= 11 is 0. The number of aromatic nitrogens is 2. The van der Waals surface area contributed by atoms with E-state index in [1.54, 1.807) is 0 Å². The minimum atomic E-state index is -1.22. The van der Waals surface area contributed by atoms with Crippen molar-refractivity contribution in [3.63, 3.8) is 0 Å². The molecule has 1 aromatic heterocycles. The molecule has 2 aromatic rings. The van der Waals surface area contributed by atoms with Gasteiger partial charge in [0.2, 0.25) is 0 Å². The smallest absolute Gasteiger partial charge is 0.335 e. The van der Waals surface area contributed by atoms with E-state index in [1.807, 2.05) is 0 Å². The van der Waals surface area contributed by atoms with E-state index in [0.29, 0.717) is 5.82 Å². The van der Waals surface area contributed by atoms with Gasteiger partial charge in [0.25, 0.3) is 5.56 Å². The average Bonchev–Trinajstić information content (AvgIpc) is 3.21. The van der Waals surface area contributed by atoms with E-state index in [1.165, 1.54) is 18.2 Å². The van der Waals surface area contributed by atoms with Crippen molar-refractivity contribution in [1.82, 2.24) is 9.97 Å². The number of aromatic amines is 1. The van der Waals surface area contributed by atoms with E-state index >= 15 is 0 Å². The van der Waals surface area contributed by atoms with Gasteiger partial charge in [-0.1, -0.05) is 0 Å². The lowest BCUT2D eigenvalue weighted by Crippen LogP contribution is -2.10. The normalized spacial score (nSPS) is 14.2. The number of rotatable bonds is 3. The maximum Gasteiger partial charge on any atom is 0.335 e. The number of carboxylic acids is 1. The summed E-state index contributed by atoms with van der Waals surface area (Å²) in [5.41, 5.74) is 0.0844. The minimum Gasteiger partial charge on any atom is -0.478 e. The van der Waals surface area contributed by atoms with Crippen LogP contribution in [0.2, 0.25) is 0 Å². The van der Waals surface area contributed by atoms with Crippen molar-refractivity contribution in [1.29, 1.82) is 0 Å². The second-order valence-corrected chi connectivity index (χ2v) is 4.82. The van der Waals surface area contributed by atoms with Crippen LogP contribution in [0.1, 0.15) is 34.9 Å². The maximum absolute atomic E-state index is 13.5. The highest BCUT2D eigenvalue weighted by Crippen LogP contribution is 2.38.